The third-order valence-corrected chi connectivity index (χ3v) is 3.99. The molecule has 1 fully saturated rings. The number of hydrogen-bond acceptors (Lipinski definition) is 3. The molecule has 1 aliphatic rings. The van der Waals surface area contributed by atoms with E-state index in [0.29, 0.717) is 11.1 Å². The van der Waals surface area contributed by atoms with E-state index >= 15 is 0 Å². The van der Waals surface area contributed by atoms with E-state index in [1.807, 2.05) is 0 Å². The van der Waals surface area contributed by atoms with Crippen LogP contribution in [0.1, 0.15) is 16.7 Å². The number of carbonyl (C=O) groups excluding carboxylic acids is 2. The molecule has 1 heterocycles. The number of carbonyl (C=O) groups is 3. The second kappa shape index (κ2) is 7.63. The summed E-state index contributed by atoms with van der Waals surface area (Å²) in [5, 5.41) is 9.37. The Morgan fingerprint density at radius 3 is 2.31 bits per heavy atom. The Balaban J connectivity index is 1.85. The van der Waals surface area contributed by atoms with Gasteiger partial charge in [0.25, 0.3) is 11.8 Å². The summed E-state index contributed by atoms with van der Waals surface area (Å²) in [6.45, 7) is 0. The number of rotatable bonds is 4. The van der Waals surface area contributed by atoms with E-state index < -0.39 is 29.5 Å². The van der Waals surface area contributed by atoms with Gasteiger partial charge < -0.3 is 5.11 Å². The number of nitrogens with zero attached hydrogens (tertiary/aromatic N) is 1. The van der Waals surface area contributed by atoms with Crippen LogP contribution >= 0.6 is 0 Å². The van der Waals surface area contributed by atoms with Crippen molar-refractivity contribution in [2.45, 2.75) is 6.18 Å². The van der Waals surface area contributed by atoms with Crippen molar-refractivity contribution in [3.8, 4) is 0 Å². The monoisotopic (exact) mass is 402 g/mol. The lowest BCUT2D eigenvalue weighted by Gasteiger charge is -2.16. The van der Waals surface area contributed by atoms with Gasteiger partial charge in [-0.25, -0.2) is 9.80 Å². The first-order chi connectivity index (χ1) is 13.6. The molecule has 1 saturated heterocycles. The van der Waals surface area contributed by atoms with Crippen molar-refractivity contribution in [2.75, 3.05) is 5.01 Å². The molecule has 29 heavy (non-hydrogen) atoms. The number of hydrazine groups is 1. The van der Waals surface area contributed by atoms with Gasteiger partial charge in [-0.15, -0.1) is 0 Å². The van der Waals surface area contributed by atoms with Crippen molar-refractivity contribution < 1.29 is 32.7 Å². The summed E-state index contributed by atoms with van der Waals surface area (Å²) in [7, 11) is 0. The fourth-order valence-electron chi connectivity index (χ4n) is 2.60. The Hall–Kier alpha value is -3.88. The lowest BCUT2D eigenvalue weighted by Crippen LogP contribution is -2.35. The summed E-state index contributed by atoms with van der Waals surface area (Å²) in [6.07, 6.45) is -0.940. The molecule has 0 spiro atoms. The molecular formula is C20H13F3N2O4. The van der Waals surface area contributed by atoms with Crippen LogP contribution in [0.25, 0.3) is 12.2 Å². The smallest absolute Gasteiger partial charge is 0.416 e. The molecule has 148 valence electrons. The quantitative estimate of drug-likeness (QED) is 0.607. The number of benzene rings is 2. The molecule has 2 N–H and O–H groups in total. The molecule has 0 radical (unpaired) electrons. The van der Waals surface area contributed by atoms with Crippen LogP contribution in [-0.2, 0) is 20.6 Å². The van der Waals surface area contributed by atoms with Gasteiger partial charge in [-0.3, -0.25) is 15.0 Å². The number of amides is 2. The minimum atomic E-state index is -4.59. The first-order valence-corrected chi connectivity index (χ1v) is 8.20. The van der Waals surface area contributed by atoms with E-state index in [1.165, 1.54) is 18.2 Å². The summed E-state index contributed by atoms with van der Waals surface area (Å²) in [5.74, 6) is -2.63. The van der Waals surface area contributed by atoms with Gasteiger partial charge in [0.1, 0.15) is 5.57 Å². The van der Waals surface area contributed by atoms with Crippen LogP contribution < -0.4 is 10.4 Å². The van der Waals surface area contributed by atoms with Crippen LogP contribution in [0.3, 0.4) is 0 Å². The molecule has 0 aliphatic carbocycles. The number of anilines is 1. The van der Waals surface area contributed by atoms with Gasteiger partial charge in [-0.1, -0.05) is 30.3 Å². The first kappa shape index (κ1) is 19.9. The van der Waals surface area contributed by atoms with E-state index in [-0.39, 0.29) is 11.3 Å². The third-order valence-electron chi connectivity index (χ3n) is 3.99. The third kappa shape index (κ3) is 4.52. The van der Waals surface area contributed by atoms with Crippen LogP contribution in [-0.4, -0.2) is 22.9 Å². The number of nitrogens with one attached hydrogen (secondary N) is 1. The Morgan fingerprint density at radius 1 is 1.03 bits per heavy atom. The average molecular weight is 402 g/mol. The Labute approximate surface area is 162 Å². The molecular weight excluding hydrogens is 389 g/mol. The van der Waals surface area contributed by atoms with E-state index in [4.69, 9.17) is 5.11 Å². The lowest BCUT2D eigenvalue weighted by molar-refractivity contribution is -0.137. The van der Waals surface area contributed by atoms with Crippen molar-refractivity contribution in [1.29, 1.82) is 0 Å². The van der Waals surface area contributed by atoms with Crippen molar-refractivity contribution in [1.82, 2.24) is 5.43 Å². The molecule has 0 bridgehead atoms. The Kier molecular flexibility index (Phi) is 5.22. The number of carboxylic acid groups (broad SMARTS) is 1. The van der Waals surface area contributed by atoms with E-state index in [0.717, 1.165) is 29.3 Å². The fourth-order valence-corrected chi connectivity index (χ4v) is 2.60. The molecule has 0 atom stereocenters. The maximum atomic E-state index is 12.9. The molecule has 1 aliphatic heterocycles. The van der Waals surface area contributed by atoms with Crippen molar-refractivity contribution in [3.05, 3.63) is 76.9 Å². The van der Waals surface area contributed by atoms with Gasteiger partial charge in [0.15, 0.2) is 0 Å². The minimum Gasteiger partial charge on any atom is -0.478 e. The van der Waals surface area contributed by atoms with Gasteiger partial charge >= 0.3 is 12.1 Å². The number of alkyl halides is 3. The highest BCUT2D eigenvalue weighted by Crippen LogP contribution is 2.32. The summed E-state index contributed by atoms with van der Waals surface area (Å²) >= 11 is 0. The second-order valence-electron chi connectivity index (χ2n) is 6.03. The number of halogens is 3. The Bertz CT molecular complexity index is 1040. The highest BCUT2D eigenvalue weighted by molar-refractivity contribution is 6.31. The molecule has 9 heteroatoms. The van der Waals surface area contributed by atoms with Gasteiger partial charge in [0, 0.05) is 6.08 Å². The summed E-state index contributed by atoms with van der Waals surface area (Å²) < 4.78 is 38.7. The standard InChI is InChI=1S/C20H13F3N2O4/c21-20(22,23)14-2-1-3-15(11-14)25-19(29)16(18(28)24-25)10-13-6-4-12(5-7-13)8-9-17(26)27/h1-11H,(H,24,28)(H,26,27). The van der Waals surface area contributed by atoms with Crippen LogP contribution in [0.2, 0.25) is 0 Å². The Morgan fingerprint density at radius 2 is 1.69 bits per heavy atom. The van der Waals surface area contributed by atoms with Crippen molar-refractivity contribution in [3.63, 3.8) is 0 Å². The summed E-state index contributed by atoms with van der Waals surface area (Å²) in [4.78, 5) is 35.2. The average Bonchev–Trinajstić information content (AvgIpc) is 2.95. The molecule has 0 aromatic heterocycles. The number of aliphatic carboxylic acids is 1. The highest BCUT2D eigenvalue weighted by Gasteiger charge is 2.36. The molecule has 3 rings (SSSR count). The summed E-state index contributed by atoms with van der Waals surface area (Å²) in [5.41, 5.74) is 2.03. The molecule has 2 aromatic rings. The zero-order valence-corrected chi connectivity index (χ0v) is 14.6. The summed E-state index contributed by atoms with van der Waals surface area (Å²) in [6, 6.07) is 10.4. The molecule has 2 amide bonds. The van der Waals surface area contributed by atoms with Gasteiger partial charge in [0.2, 0.25) is 0 Å². The largest absolute Gasteiger partial charge is 0.478 e. The van der Waals surface area contributed by atoms with Crippen LogP contribution in [0.5, 0.6) is 0 Å². The van der Waals surface area contributed by atoms with E-state index in [1.54, 1.807) is 24.3 Å². The highest BCUT2D eigenvalue weighted by atomic mass is 19.4. The molecule has 0 saturated carbocycles. The first-order valence-electron chi connectivity index (χ1n) is 8.20. The van der Waals surface area contributed by atoms with Crippen molar-refractivity contribution >= 4 is 35.6 Å². The maximum Gasteiger partial charge on any atom is 0.416 e. The van der Waals surface area contributed by atoms with Crippen molar-refractivity contribution in [2.24, 2.45) is 0 Å². The predicted molar refractivity (Wildman–Crippen MR) is 98.2 cm³/mol. The molecule has 0 unspecified atom stereocenters. The maximum absolute atomic E-state index is 12.9. The van der Waals surface area contributed by atoms with Gasteiger partial charge in [0.05, 0.1) is 11.3 Å². The second-order valence-corrected chi connectivity index (χ2v) is 6.03. The van der Waals surface area contributed by atoms with Crippen LogP contribution in [0.15, 0.2) is 60.2 Å². The van der Waals surface area contributed by atoms with E-state index in [2.05, 4.69) is 5.43 Å². The molecule has 6 nitrogen and oxygen atoms in total. The normalized spacial score (nSPS) is 16.0. The van der Waals surface area contributed by atoms with E-state index in [9.17, 15) is 27.6 Å². The number of hydrogen-bond donors (Lipinski definition) is 2. The predicted octanol–water partition coefficient (Wildman–Crippen LogP) is 3.26. The zero-order chi connectivity index (χ0) is 21.2. The minimum absolute atomic E-state index is 0.115. The fraction of sp³-hybridized carbons (Fsp3) is 0.0500. The van der Waals surface area contributed by atoms with Crippen LogP contribution in [0, 0.1) is 0 Å². The van der Waals surface area contributed by atoms with Crippen LogP contribution in [0.4, 0.5) is 18.9 Å². The topological polar surface area (TPSA) is 86.7 Å². The number of carboxylic acids is 1. The SMILES string of the molecule is O=C(O)C=Cc1ccc(C=C2C(=O)NN(c3cccc(C(F)(F)F)c3)C2=O)cc1. The van der Waals surface area contributed by atoms with Gasteiger partial charge in [-0.2, -0.15) is 13.2 Å². The molecule has 2 aromatic carbocycles. The lowest BCUT2D eigenvalue weighted by atomic mass is 10.1. The van der Waals surface area contributed by atoms with Gasteiger partial charge in [-0.05, 0) is 41.5 Å². The zero-order valence-electron chi connectivity index (χ0n) is 14.6.